The SMILES string of the molecule is CC[C@@H](Oc1ccc2ccccc2c1)C(=O)NCCOc1ccc(C(C)(C)C)cc1. The summed E-state index contributed by atoms with van der Waals surface area (Å²) in [5.41, 5.74) is 1.38. The van der Waals surface area contributed by atoms with Crippen LogP contribution in [0.5, 0.6) is 11.5 Å². The van der Waals surface area contributed by atoms with Gasteiger partial charge in [-0.3, -0.25) is 4.79 Å². The van der Waals surface area contributed by atoms with Crippen LogP contribution in [0.25, 0.3) is 10.8 Å². The van der Waals surface area contributed by atoms with Crippen LogP contribution in [-0.2, 0) is 10.2 Å². The van der Waals surface area contributed by atoms with Gasteiger partial charge in [-0.05, 0) is 52.4 Å². The van der Waals surface area contributed by atoms with Crippen LogP contribution in [0.2, 0.25) is 0 Å². The lowest BCUT2D eigenvalue weighted by molar-refractivity contribution is -0.128. The van der Waals surface area contributed by atoms with Crippen LogP contribution >= 0.6 is 0 Å². The third-order valence-corrected chi connectivity index (χ3v) is 5.05. The van der Waals surface area contributed by atoms with Crippen LogP contribution in [0.4, 0.5) is 0 Å². The predicted octanol–water partition coefficient (Wildman–Crippen LogP) is 5.49. The summed E-state index contributed by atoms with van der Waals surface area (Å²) in [6.07, 6.45) is 0.0607. The average Bonchev–Trinajstić information content (AvgIpc) is 2.74. The summed E-state index contributed by atoms with van der Waals surface area (Å²) in [6.45, 7) is 9.33. The molecule has 1 N–H and O–H groups in total. The topological polar surface area (TPSA) is 47.6 Å². The van der Waals surface area contributed by atoms with E-state index in [4.69, 9.17) is 9.47 Å². The second-order valence-electron chi connectivity index (χ2n) is 8.44. The Kier molecular flexibility index (Phi) is 6.99. The lowest BCUT2D eigenvalue weighted by Gasteiger charge is -2.19. The van der Waals surface area contributed by atoms with Crippen LogP contribution in [0, 0.1) is 0 Å². The first-order valence-corrected chi connectivity index (χ1v) is 10.5. The summed E-state index contributed by atoms with van der Waals surface area (Å²) in [7, 11) is 0. The maximum Gasteiger partial charge on any atom is 0.261 e. The van der Waals surface area contributed by atoms with Gasteiger partial charge < -0.3 is 14.8 Å². The van der Waals surface area contributed by atoms with E-state index in [1.807, 2.05) is 55.5 Å². The van der Waals surface area contributed by atoms with E-state index in [-0.39, 0.29) is 11.3 Å². The first kappa shape index (κ1) is 21.7. The van der Waals surface area contributed by atoms with Crippen molar-refractivity contribution < 1.29 is 14.3 Å². The van der Waals surface area contributed by atoms with E-state index in [1.165, 1.54) is 5.56 Å². The van der Waals surface area contributed by atoms with Crippen molar-refractivity contribution in [1.29, 1.82) is 0 Å². The van der Waals surface area contributed by atoms with E-state index in [2.05, 4.69) is 44.3 Å². The number of benzene rings is 3. The van der Waals surface area contributed by atoms with Gasteiger partial charge in [0.25, 0.3) is 5.91 Å². The fourth-order valence-electron chi connectivity index (χ4n) is 3.24. The number of rotatable bonds is 8. The maximum atomic E-state index is 12.5. The monoisotopic (exact) mass is 405 g/mol. The van der Waals surface area contributed by atoms with E-state index in [9.17, 15) is 4.79 Å². The summed E-state index contributed by atoms with van der Waals surface area (Å²) in [6, 6.07) is 22.1. The molecule has 0 bridgehead atoms. The van der Waals surface area contributed by atoms with Gasteiger partial charge >= 0.3 is 0 Å². The van der Waals surface area contributed by atoms with E-state index in [0.717, 1.165) is 16.5 Å². The van der Waals surface area contributed by atoms with Crippen LogP contribution < -0.4 is 14.8 Å². The standard InChI is InChI=1S/C26H31NO3/c1-5-24(30-23-13-10-19-8-6-7-9-20(19)18-23)25(28)27-16-17-29-22-14-11-21(12-15-22)26(2,3)4/h6-15,18,24H,5,16-17H2,1-4H3,(H,27,28)/t24-/m1/s1. The van der Waals surface area contributed by atoms with Crippen molar-refractivity contribution in [1.82, 2.24) is 5.32 Å². The van der Waals surface area contributed by atoms with Crippen molar-refractivity contribution in [2.45, 2.75) is 45.6 Å². The molecule has 3 aromatic rings. The number of hydrogen-bond donors (Lipinski definition) is 1. The van der Waals surface area contributed by atoms with Crippen molar-refractivity contribution in [2.24, 2.45) is 0 Å². The van der Waals surface area contributed by atoms with E-state index in [0.29, 0.717) is 25.3 Å². The molecule has 1 amide bonds. The average molecular weight is 406 g/mol. The van der Waals surface area contributed by atoms with Gasteiger partial charge in [0.15, 0.2) is 6.10 Å². The number of nitrogens with one attached hydrogen (secondary N) is 1. The number of ether oxygens (including phenoxy) is 2. The van der Waals surface area contributed by atoms with Crippen LogP contribution in [-0.4, -0.2) is 25.2 Å². The molecule has 4 nitrogen and oxygen atoms in total. The molecule has 158 valence electrons. The first-order chi connectivity index (χ1) is 14.4. The summed E-state index contributed by atoms with van der Waals surface area (Å²) in [5.74, 6) is 1.37. The van der Waals surface area contributed by atoms with Gasteiger partial charge in [0.2, 0.25) is 0 Å². The molecular formula is C26H31NO3. The summed E-state index contributed by atoms with van der Waals surface area (Å²) < 4.78 is 11.7. The van der Waals surface area contributed by atoms with Gasteiger partial charge in [-0.25, -0.2) is 0 Å². The second kappa shape index (κ2) is 9.66. The molecule has 1 atom stereocenters. The highest BCUT2D eigenvalue weighted by atomic mass is 16.5. The third kappa shape index (κ3) is 5.76. The fraction of sp³-hybridized carbons (Fsp3) is 0.346. The van der Waals surface area contributed by atoms with Crippen molar-refractivity contribution in [3.8, 4) is 11.5 Å². The summed E-state index contributed by atoms with van der Waals surface area (Å²) in [5, 5.41) is 5.15. The number of carbonyl (C=O) groups is 1. The van der Waals surface area contributed by atoms with Crippen LogP contribution in [0.3, 0.4) is 0 Å². The molecular weight excluding hydrogens is 374 g/mol. The van der Waals surface area contributed by atoms with Crippen molar-refractivity contribution in [2.75, 3.05) is 13.2 Å². The Bertz CT molecular complexity index is 973. The molecule has 4 heteroatoms. The second-order valence-corrected chi connectivity index (χ2v) is 8.44. The Morgan fingerprint density at radius 2 is 1.60 bits per heavy atom. The minimum Gasteiger partial charge on any atom is -0.492 e. The Balaban J connectivity index is 1.47. The lowest BCUT2D eigenvalue weighted by Crippen LogP contribution is -2.39. The van der Waals surface area contributed by atoms with E-state index >= 15 is 0 Å². The largest absolute Gasteiger partial charge is 0.492 e. The summed E-state index contributed by atoms with van der Waals surface area (Å²) >= 11 is 0. The van der Waals surface area contributed by atoms with Gasteiger partial charge in [-0.15, -0.1) is 0 Å². The first-order valence-electron chi connectivity index (χ1n) is 10.5. The molecule has 0 radical (unpaired) electrons. The van der Waals surface area contributed by atoms with Crippen LogP contribution in [0.1, 0.15) is 39.7 Å². The molecule has 3 aromatic carbocycles. The normalized spacial score (nSPS) is 12.4. The fourth-order valence-corrected chi connectivity index (χ4v) is 3.24. The highest BCUT2D eigenvalue weighted by Crippen LogP contribution is 2.24. The molecule has 0 fully saturated rings. The molecule has 3 rings (SSSR count). The number of hydrogen-bond acceptors (Lipinski definition) is 3. The zero-order valence-electron chi connectivity index (χ0n) is 18.3. The molecule has 0 saturated heterocycles. The Hall–Kier alpha value is -3.01. The van der Waals surface area contributed by atoms with Gasteiger partial charge in [-0.1, -0.05) is 70.2 Å². The number of amides is 1. The Labute approximate surface area is 179 Å². The molecule has 0 aliphatic heterocycles. The summed E-state index contributed by atoms with van der Waals surface area (Å²) in [4.78, 5) is 12.5. The van der Waals surface area contributed by atoms with E-state index < -0.39 is 6.10 Å². The quantitative estimate of drug-likeness (QED) is 0.504. The van der Waals surface area contributed by atoms with Gasteiger partial charge in [0, 0.05) is 0 Å². The number of fused-ring (bicyclic) bond motifs is 1. The van der Waals surface area contributed by atoms with Gasteiger partial charge in [-0.2, -0.15) is 0 Å². The Morgan fingerprint density at radius 3 is 2.27 bits per heavy atom. The third-order valence-electron chi connectivity index (χ3n) is 5.05. The van der Waals surface area contributed by atoms with Crippen LogP contribution in [0.15, 0.2) is 66.7 Å². The maximum absolute atomic E-state index is 12.5. The molecule has 0 heterocycles. The van der Waals surface area contributed by atoms with E-state index in [1.54, 1.807) is 0 Å². The molecule has 0 unspecified atom stereocenters. The molecule has 0 saturated carbocycles. The van der Waals surface area contributed by atoms with Crippen molar-refractivity contribution in [3.05, 3.63) is 72.3 Å². The van der Waals surface area contributed by atoms with Gasteiger partial charge in [0.1, 0.15) is 18.1 Å². The van der Waals surface area contributed by atoms with Gasteiger partial charge in [0.05, 0.1) is 6.54 Å². The molecule has 0 spiro atoms. The molecule has 0 aromatic heterocycles. The lowest BCUT2D eigenvalue weighted by atomic mass is 9.87. The highest BCUT2D eigenvalue weighted by Gasteiger charge is 2.18. The minimum absolute atomic E-state index is 0.118. The van der Waals surface area contributed by atoms with Crippen molar-refractivity contribution >= 4 is 16.7 Å². The molecule has 0 aliphatic rings. The zero-order valence-corrected chi connectivity index (χ0v) is 18.3. The highest BCUT2D eigenvalue weighted by molar-refractivity contribution is 5.84. The van der Waals surface area contributed by atoms with Crippen molar-refractivity contribution in [3.63, 3.8) is 0 Å². The zero-order chi connectivity index (χ0) is 21.6. The molecule has 0 aliphatic carbocycles. The smallest absolute Gasteiger partial charge is 0.261 e. The molecule has 30 heavy (non-hydrogen) atoms. The Morgan fingerprint density at radius 1 is 0.933 bits per heavy atom. The number of carbonyl (C=O) groups excluding carboxylic acids is 1. The predicted molar refractivity (Wildman–Crippen MR) is 122 cm³/mol. The minimum atomic E-state index is -0.530.